The maximum atomic E-state index is 13.0. The van der Waals surface area contributed by atoms with Crippen molar-refractivity contribution in [2.75, 3.05) is 0 Å². The van der Waals surface area contributed by atoms with Gasteiger partial charge in [-0.25, -0.2) is 0 Å². The van der Waals surface area contributed by atoms with Crippen molar-refractivity contribution in [3.05, 3.63) is 59.7 Å². The highest BCUT2D eigenvalue weighted by molar-refractivity contribution is 5.84. The van der Waals surface area contributed by atoms with Gasteiger partial charge in [-0.15, -0.1) is 0 Å². The Hall–Kier alpha value is -2.30. The van der Waals surface area contributed by atoms with Gasteiger partial charge in [-0.1, -0.05) is 36.4 Å². The third-order valence-corrected chi connectivity index (χ3v) is 4.41. The quantitative estimate of drug-likeness (QED) is 0.787. The van der Waals surface area contributed by atoms with Crippen molar-refractivity contribution in [2.24, 2.45) is 4.99 Å². The lowest BCUT2D eigenvalue weighted by atomic mass is 9.98. The Bertz CT molecular complexity index is 792. The van der Waals surface area contributed by atoms with Gasteiger partial charge >= 0.3 is 6.18 Å². The number of halogens is 3. The van der Waals surface area contributed by atoms with Crippen molar-refractivity contribution in [3.8, 4) is 11.1 Å². The first-order chi connectivity index (χ1) is 11.7. The Morgan fingerprint density at radius 3 is 2.52 bits per heavy atom. The minimum absolute atomic E-state index is 0.0388. The van der Waals surface area contributed by atoms with E-state index in [9.17, 15) is 13.2 Å². The van der Waals surface area contributed by atoms with Crippen LogP contribution in [-0.2, 0) is 12.7 Å². The van der Waals surface area contributed by atoms with Crippen molar-refractivity contribution in [2.45, 2.75) is 44.9 Å². The van der Waals surface area contributed by atoms with Crippen LogP contribution in [0.1, 0.15) is 37.8 Å². The van der Waals surface area contributed by atoms with Gasteiger partial charge < -0.3 is 5.32 Å². The number of aliphatic imine (C=N–C) groups is 1. The van der Waals surface area contributed by atoms with Crippen LogP contribution < -0.4 is 5.32 Å². The molecule has 0 spiro atoms. The third kappa shape index (κ3) is 4.21. The summed E-state index contributed by atoms with van der Waals surface area (Å²) in [7, 11) is 0. The van der Waals surface area contributed by atoms with Gasteiger partial charge in [0.1, 0.15) is 0 Å². The van der Waals surface area contributed by atoms with Gasteiger partial charge in [-0.05, 0) is 49.1 Å². The van der Waals surface area contributed by atoms with E-state index in [1.165, 1.54) is 12.1 Å². The molecule has 0 radical (unpaired) electrons. The van der Waals surface area contributed by atoms with Crippen molar-refractivity contribution >= 4 is 5.84 Å². The normalized spacial score (nSPS) is 16.6. The fraction of sp³-hybridized carbons (Fsp3) is 0.350. The van der Waals surface area contributed by atoms with E-state index in [1.54, 1.807) is 6.07 Å². The maximum absolute atomic E-state index is 13.0. The Labute approximate surface area is 145 Å². The zero-order valence-electron chi connectivity index (χ0n) is 14.3. The number of rotatable bonds is 3. The number of nitrogens with one attached hydrogen (secondary N) is 1. The Balaban J connectivity index is 1.85. The summed E-state index contributed by atoms with van der Waals surface area (Å²) in [6.45, 7) is 4.73. The van der Waals surface area contributed by atoms with Gasteiger partial charge in [0.05, 0.1) is 16.9 Å². The zero-order chi connectivity index (χ0) is 18.1. The van der Waals surface area contributed by atoms with E-state index in [0.29, 0.717) is 12.1 Å². The Morgan fingerprint density at radius 1 is 1.08 bits per heavy atom. The summed E-state index contributed by atoms with van der Waals surface area (Å²) in [5.74, 6) is 0.962. The molecule has 1 aliphatic rings. The minimum atomic E-state index is -4.34. The van der Waals surface area contributed by atoms with Crippen molar-refractivity contribution in [1.82, 2.24) is 5.32 Å². The molecule has 0 unspecified atom stereocenters. The lowest BCUT2D eigenvalue weighted by molar-refractivity contribution is -0.137. The Kier molecular flexibility index (Phi) is 4.58. The predicted octanol–water partition coefficient (Wildman–Crippen LogP) is 5.43. The zero-order valence-corrected chi connectivity index (χ0v) is 14.3. The molecule has 0 aliphatic carbocycles. The summed E-state index contributed by atoms with van der Waals surface area (Å²) >= 11 is 0. The molecule has 0 fully saturated rings. The van der Waals surface area contributed by atoms with Crippen LogP contribution in [-0.4, -0.2) is 11.4 Å². The molecule has 0 saturated heterocycles. The van der Waals surface area contributed by atoms with Gasteiger partial charge in [-0.3, -0.25) is 4.99 Å². The summed E-state index contributed by atoms with van der Waals surface area (Å²) < 4.78 is 38.9. The molecule has 2 aromatic carbocycles. The summed E-state index contributed by atoms with van der Waals surface area (Å²) in [6, 6.07) is 13.0. The molecule has 2 nitrogen and oxygen atoms in total. The van der Waals surface area contributed by atoms with E-state index >= 15 is 0 Å². The number of benzene rings is 2. The maximum Gasteiger partial charge on any atom is 0.416 e. The average molecular weight is 346 g/mol. The smallest absolute Gasteiger partial charge is 0.370 e. The first-order valence-corrected chi connectivity index (χ1v) is 8.33. The number of hydrogen-bond donors (Lipinski definition) is 1. The molecule has 2 aromatic rings. The van der Waals surface area contributed by atoms with Crippen LogP contribution >= 0.6 is 0 Å². The van der Waals surface area contributed by atoms with Crippen molar-refractivity contribution in [3.63, 3.8) is 0 Å². The van der Waals surface area contributed by atoms with Crippen LogP contribution in [0.4, 0.5) is 13.2 Å². The molecule has 25 heavy (non-hydrogen) atoms. The summed E-state index contributed by atoms with van der Waals surface area (Å²) in [6.07, 6.45) is -2.43. The number of alkyl halides is 3. The molecule has 0 saturated carbocycles. The van der Waals surface area contributed by atoms with Crippen LogP contribution in [0.5, 0.6) is 0 Å². The fourth-order valence-electron chi connectivity index (χ4n) is 3.05. The summed E-state index contributed by atoms with van der Waals surface area (Å²) in [4.78, 5) is 4.64. The molecule has 5 heteroatoms. The van der Waals surface area contributed by atoms with Gasteiger partial charge in [-0.2, -0.15) is 13.2 Å². The second-order valence-electron chi connectivity index (χ2n) is 6.96. The topological polar surface area (TPSA) is 24.4 Å². The lowest BCUT2D eigenvalue weighted by Gasteiger charge is -2.14. The van der Waals surface area contributed by atoms with Crippen LogP contribution in [0.3, 0.4) is 0 Å². The summed E-state index contributed by atoms with van der Waals surface area (Å²) in [5.41, 5.74) is 1.66. The van der Waals surface area contributed by atoms with E-state index in [4.69, 9.17) is 0 Å². The van der Waals surface area contributed by atoms with Crippen LogP contribution in [0.2, 0.25) is 0 Å². The van der Waals surface area contributed by atoms with E-state index in [2.05, 4.69) is 24.2 Å². The molecule has 0 bridgehead atoms. The number of hydrogen-bond acceptors (Lipinski definition) is 2. The van der Waals surface area contributed by atoms with Gasteiger partial charge in [0, 0.05) is 13.0 Å². The molecular weight excluding hydrogens is 325 g/mol. The fourth-order valence-corrected chi connectivity index (χ4v) is 3.05. The van der Waals surface area contributed by atoms with Crippen molar-refractivity contribution < 1.29 is 13.2 Å². The molecule has 3 rings (SSSR count). The van der Waals surface area contributed by atoms with Crippen LogP contribution in [0.15, 0.2) is 53.5 Å². The summed E-state index contributed by atoms with van der Waals surface area (Å²) in [5, 5.41) is 3.34. The monoisotopic (exact) mass is 346 g/mol. The second kappa shape index (κ2) is 6.54. The number of nitrogens with zero attached hydrogens (tertiary/aromatic N) is 1. The van der Waals surface area contributed by atoms with E-state index in [0.717, 1.165) is 35.9 Å². The minimum Gasteiger partial charge on any atom is -0.370 e. The molecule has 1 N–H and O–H groups in total. The molecule has 0 atom stereocenters. The van der Waals surface area contributed by atoms with Crippen LogP contribution in [0, 0.1) is 0 Å². The average Bonchev–Trinajstić information content (AvgIpc) is 2.92. The molecular formula is C20H21F3N2. The van der Waals surface area contributed by atoms with Gasteiger partial charge in [0.15, 0.2) is 0 Å². The first kappa shape index (κ1) is 17.5. The van der Waals surface area contributed by atoms with E-state index in [-0.39, 0.29) is 5.54 Å². The number of amidine groups is 1. The molecule has 0 amide bonds. The first-order valence-electron chi connectivity index (χ1n) is 8.33. The van der Waals surface area contributed by atoms with Gasteiger partial charge in [0.2, 0.25) is 0 Å². The van der Waals surface area contributed by atoms with E-state index in [1.807, 2.05) is 24.3 Å². The van der Waals surface area contributed by atoms with Crippen LogP contribution in [0.25, 0.3) is 11.1 Å². The van der Waals surface area contributed by atoms with Crippen molar-refractivity contribution in [1.29, 1.82) is 0 Å². The highest BCUT2D eigenvalue weighted by atomic mass is 19.4. The standard InChI is InChI=1S/C20H21F3N2/c1-19(2)11-10-18(25-19)24-13-15-6-3-4-9-17(15)14-7-5-8-16(12-14)20(21,22)23/h3-9,12H,10-11,13H2,1-2H3,(H,24,25). The second-order valence-corrected chi connectivity index (χ2v) is 6.96. The highest BCUT2D eigenvalue weighted by Crippen LogP contribution is 2.33. The SMILES string of the molecule is CC1(C)CCC(NCc2ccccc2-c2cccc(C(F)(F)F)c2)=N1. The molecule has 1 aliphatic heterocycles. The van der Waals surface area contributed by atoms with Gasteiger partial charge in [0.25, 0.3) is 0 Å². The molecule has 132 valence electrons. The van der Waals surface area contributed by atoms with E-state index < -0.39 is 11.7 Å². The predicted molar refractivity (Wildman–Crippen MR) is 94.5 cm³/mol. The Morgan fingerprint density at radius 2 is 1.84 bits per heavy atom. The molecule has 0 aromatic heterocycles. The lowest BCUT2D eigenvalue weighted by Crippen LogP contribution is -2.21. The largest absolute Gasteiger partial charge is 0.416 e. The highest BCUT2D eigenvalue weighted by Gasteiger charge is 2.30. The third-order valence-electron chi connectivity index (χ3n) is 4.41. The molecule has 1 heterocycles.